The van der Waals surface area contributed by atoms with Crippen LogP contribution < -0.4 is 10.9 Å². The number of anilines is 1. The Morgan fingerprint density at radius 3 is 2.25 bits per heavy atom. The molecule has 28 heavy (non-hydrogen) atoms. The van der Waals surface area contributed by atoms with E-state index in [1.54, 1.807) is 79.0 Å². The van der Waals surface area contributed by atoms with Crippen LogP contribution in [-0.2, 0) is 0 Å². The molecule has 0 aliphatic heterocycles. The van der Waals surface area contributed by atoms with E-state index in [2.05, 4.69) is 5.32 Å². The molecule has 4 aromatic rings. The average Bonchev–Trinajstić information content (AvgIpc) is 2.69. The molecule has 0 fully saturated rings. The molecule has 1 amide bonds. The molecule has 0 saturated carbocycles. The summed E-state index contributed by atoms with van der Waals surface area (Å²) in [6.45, 7) is 0. The molecule has 0 saturated heterocycles. The number of halogens is 2. The summed E-state index contributed by atoms with van der Waals surface area (Å²) in [5, 5.41) is 4.96. The maximum Gasteiger partial charge on any atom is 0.262 e. The topological polar surface area (TPSA) is 51.1 Å². The summed E-state index contributed by atoms with van der Waals surface area (Å²) in [4.78, 5) is 26.0. The van der Waals surface area contributed by atoms with Crippen molar-refractivity contribution in [1.82, 2.24) is 4.57 Å². The van der Waals surface area contributed by atoms with Crippen molar-refractivity contribution in [3.05, 3.63) is 105 Å². The van der Waals surface area contributed by atoms with Crippen LogP contribution in [0.5, 0.6) is 0 Å². The molecule has 3 aromatic carbocycles. The van der Waals surface area contributed by atoms with Gasteiger partial charge in [0.05, 0.1) is 5.56 Å². The monoisotopic (exact) mass is 408 g/mol. The molecule has 4 nitrogen and oxygen atoms in total. The van der Waals surface area contributed by atoms with Gasteiger partial charge in [-0.3, -0.25) is 14.2 Å². The first-order valence-electron chi connectivity index (χ1n) is 8.50. The fraction of sp³-hybridized carbons (Fsp3) is 0. The van der Waals surface area contributed by atoms with E-state index < -0.39 is 0 Å². The highest BCUT2D eigenvalue weighted by Crippen LogP contribution is 2.21. The lowest BCUT2D eigenvalue weighted by atomic mass is 10.1. The highest BCUT2D eigenvalue weighted by molar-refractivity contribution is 6.31. The molecule has 1 aromatic heterocycles. The van der Waals surface area contributed by atoms with Crippen LogP contribution in [0.25, 0.3) is 16.5 Å². The quantitative estimate of drug-likeness (QED) is 0.482. The minimum absolute atomic E-state index is 0.211. The largest absolute Gasteiger partial charge is 0.322 e. The number of carbonyl (C=O) groups excluding carboxylic acids is 1. The number of nitrogens with zero attached hydrogens (tertiary/aromatic N) is 1. The van der Waals surface area contributed by atoms with Crippen LogP contribution in [0.1, 0.15) is 10.4 Å². The van der Waals surface area contributed by atoms with Gasteiger partial charge >= 0.3 is 0 Å². The van der Waals surface area contributed by atoms with Gasteiger partial charge in [-0.1, -0.05) is 47.5 Å². The minimum Gasteiger partial charge on any atom is -0.322 e. The summed E-state index contributed by atoms with van der Waals surface area (Å²) in [5.41, 5.74) is 1.37. The molecule has 0 bridgehead atoms. The molecule has 6 heteroatoms. The van der Waals surface area contributed by atoms with Crippen LogP contribution in [0.2, 0.25) is 10.0 Å². The predicted molar refractivity (Wildman–Crippen MR) is 114 cm³/mol. The highest BCUT2D eigenvalue weighted by Gasteiger charge is 2.16. The summed E-state index contributed by atoms with van der Waals surface area (Å²) in [6, 6.07) is 20.8. The zero-order valence-corrected chi connectivity index (χ0v) is 16.0. The standard InChI is InChI=1S/C22H14Cl2N2O2/c23-14-8-10-17(11-9-14)26-13-20(18-6-1-2-7-19(18)22(26)28)21(27)25-16-5-3-4-15(24)12-16/h1-13H,(H,25,27). The first-order valence-corrected chi connectivity index (χ1v) is 9.26. The number of benzene rings is 3. The second-order valence-electron chi connectivity index (χ2n) is 6.20. The molecule has 0 aliphatic carbocycles. The van der Waals surface area contributed by atoms with Crippen LogP contribution in [0.3, 0.4) is 0 Å². The zero-order chi connectivity index (χ0) is 19.7. The molecule has 0 atom stereocenters. The van der Waals surface area contributed by atoms with Gasteiger partial charge in [0.1, 0.15) is 0 Å². The number of hydrogen-bond donors (Lipinski definition) is 1. The van der Waals surface area contributed by atoms with Crippen LogP contribution in [0.15, 0.2) is 83.8 Å². The van der Waals surface area contributed by atoms with E-state index in [4.69, 9.17) is 23.2 Å². The Bertz CT molecular complexity index is 1250. The predicted octanol–water partition coefficient (Wildman–Crippen LogP) is 5.55. The second kappa shape index (κ2) is 7.50. The van der Waals surface area contributed by atoms with Gasteiger partial charge in [-0.05, 0) is 48.5 Å². The van der Waals surface area contributed by atoms with Gasteiger partial charge in [-0.2, -0.15) is 0 Å². The van der Waals surface area contributed by atoms with Crippen LogP contribution >= 0.6 is 23.2 Å². The Balaban J connectivity index is 1.87. The fourth-order valence-electron chi connectivity index (χ4n) is 3.03. The summed E-state index contributed by atoms with van der Waals surface area (Å²) in [5.74, 6) is -0.332. The van der Waals surface area contributed by atoms with Gasteiger partial charge in [0.2, 0.25) is 0 Å². The van der Waals surface area contributed by atoms with Crippen molar-refractivity contribution in [2.45, 2.75) is 0 Å². The van der Waals surface area contributed by atoms with Crippen molar-refractivity contribution in [3.8, 4) is 5.69 Å². The molecule has 0 radical (unpaired) electrons. The van der Waals surface area contributed by atoms with Crippen molar-refractivity contribution in [2.24, 2.45) is 0 Å². The highest BCUT2D eigenvalue weighted by atomic mass is 35.5. The van der Waals surface area contributed by atoms with E-state index in [-0.39, 0.29) is 11.5 Å². The maximum absolute atomic E-state index is 13.0. The number of aromatic nitrogens is 1. The third kappa shape index (κ3) is 3.52. The number of pyridine rings is 1. The molecule has 138 valence electrons. The SMILES string of the molecule is O=C(Nc1cccc(Cl)c1)c1cn(-c2ccc(Cl)cc2)c(=O)c2ccccc12. The molecule has 0 spiro atoms. The average molecular weight is 409 g/mol. The molecular weight excluding hydrogens is 395 g/mol. The van der Waals surface area contributed by atoms with Crippen molar-refractivity contribution >= 4 is 45.6 Å². The lowest BCUT2D eigenvalue weighted by Crippen LogP contribution is -2.22. The van der Waals surface area contributed by atoms with E-state index in [0.29, 0.717) is 37.8 Å². The summed E-state index contributed by atoms with van der Waals surface area (Å²) < 4.78 is 1.45. The van der Waals surface area contributed by atoms with Crippen LogP contribution in [0, 0.1) is 0 Å². The van der Waals surface area contributed by atoms with Gasteiger partial charge in [-0.25, -0.2) is 0 Å². The summed E-state index contributed by atoms with van der Waals surface area (Å²) >= 11 is 12.0. The first kappa shape index (κ1) is 18.3. The van der Waals surface area contributed by atoms with Gasteiger partial charge in [0.25, 0.3) is 11.5 Å². The van der Waals surface area contributed by atoms with E-state index in [0.717, 1.165) is 0 Å². The number of fused-ring (bicyclic) bond motifs is 1. The smallest absolute Gasteiger partial charge is 0.262 e. The Labute approximate surface area is 171 Å². The number of rotatable bonds is 3. The van der Waals surface area contributed by atoms with E-state index in [9.17, 15) is 9.59 Å². The number of amides is 1. The Kier molecular flexibility index (Phi) is 4.90. The molecule has 1 N–H and O–H groups in total. The lowest BCUT2D eigenvalue weighted by Gasteiger charge is -2.13. The van der Waals surface area contributed by atoms with Gasteiger partial charge < -0.3 is 5.32 Å². The van der Waals surface area contributed by atoms with Crippen molar-refractivity contribution in [3.63, 3.8) is 0 Å². The second-order valence-corrected chi connectivity index (χ2v) is 7.08. The van der Waals surface area contributed by atoms with Gasteiger partial charge in [0.15, 0.2) is 0 Å². The zero-order valence-electron chi connectivity index (χ0n) is 14.5. The minimum atomic E-state index is -0.332. The Hall–Kier alpha value is -3.08. The first-order chi connectivity index (χ1) is 13.5. The molecule has 1 heterocycles. The van der Waals surface area contributed by atoms with Crippen LogP contribution in [0.4, 0.5) is 5.69 Å². The normalized spacial score (nSPS) is 10.8. The van der Waals surface area contributed by atoms with E-state index >= 15 is 0 Å². The Morgan fingerprint density at radius 2 is 1.54 bits per heavy atom. The number of hydrogen-bond acceptors (Lipinski definition) is 2. The van der Waals surface area contributed by atoms with Gasteiger partial charge in [-0.15, -0.1) is 0 Å². The van der Waals surface area contributed by atoms with Crippen molar-refractivity contribution in [1.29, 1.82) is 0 Å². The Morgan fingerprint density at radius 1 is 0.821 bits per heavy atom. The van der Waals surface area contributed by atoms with Crippen LogP contribution in [-0.4, -0.2) is 10.5 Å². The third-order valence-electron chi connectivity index (χ3n) is 4.36. The van der Waals surface area contributed by atoms with Gasteiger partial charge in [0, 0.05) is 38.4 Å². The molecule has 4 rings (SSSR count). The molecular formula is C22H14Cl2N2O2. The molecule has 0 aliphatic rings. The summed E-state index contributed by atoms with van der Waals surface area (Å²) in [7, 11) is 0. The van der Waals surface area contributed by atoms with Crippen molar-refractivity contribution in [2.75, 3.05) is 5.32 Å². The van der Waals surface area contributed by atoms with E-state index in [1.807, 2.05) is 0 Å². The van der Waals surface area contributed by atoms with E-state index in [1.165, 1.54) is 4.57 Å². The molecule has 0 unspecified atom stereocenters. The number of nitrogens with one attached hydrogen (secondary N) is 1. The summed E-state index contributed by atoms with van der Waals surface area (Å²) in [6.07, 6.45) is 1.55. The third-order valence-corrected chi connectivity index (χ3v) is 4.84. The number of carbonyl (C=O) groups is 1. The van der Waals surface area contributed by atoms with Crippen molar-refractivity contribution < 1.29 is 4.79 Å². The maximum atomic E-state index is 13.0. The fourth-order valence-corrected chi connectivity index (χ4v) is 3.35. The lowest BCUT2D eigenvalue weighted by molar-refractivity contribution is 0.102.